The van der Waals surface area contributed by atoms with Crippen LogP contribution in [0.3, 0.4) is 0 Å². The number of nitrogens with zero attached hydrogens (tertiary/aromatic N) is 1. The predicted molar refractivity (Wildman–Crippen MR) is 94.8 cm³/mol. The second-order valence-electron chi connectivity index (χ2n) is 5.70. The molecule has 1 unspecified atom stereocenters. The van der Waals surface area contributed by atoms with Crippen molar-refractivity contribution in [3.8, 4) is 11.5 Å². The SMILES string of the molecule is COc1cc2c(cc1OC)C(c1cccs1)N(C(=O)CCN)CC2. The number of methoxy groups -OCH3 is 2. The molecule has 2 N–H and O–H groups in total. The molecule has 5 nitrogen and oxygen atoms in total. The third kappa shape index (κ3) is 2.99. The molecule has 1 aromatic carbocycles. The summed E-state index contributed by atoms with van der Waals surface area (Å²) in [7, 11) is 3.27. The third-order valence-electron chi connectivity index (χ3n) is 4.36. The molecular weight excluding hydrogens is 324 g/mol. The van der Waals surface area contributed by atoms with Crippen molar-refractivity contribution >= 4 is 17.2 Å². The van der Waals surface area contributed by atoms with Crippen molar-refractivity contribution in [1.29, 1.82) is 0 Å². The number of benzene rings is 1. The standard InChI is InChI=1S/C18H22N2O3S/c1-22-14-10-12-6-8-20(17(21)5-7-19)18(16-4-3-9-24-16)13(12)11-15(14)23-2/h3-4,9-11,18H,5-8,19H2,1-2H3. The molecule has 1 aliphatic heterocycles. The Kier molecular flexibility index (Phi) is 5.06. The molecule has 1 amide bonds. The lowest BCUT2D eigenvalue weighted by Crippen LogP contribution is -2.41. The number of fused-ring (bicyclic) bond motifs is 1. The molecule has 0 saturated carbocycles. The highest BCUT2D eigenvalue weighted by Gasteiger charge is 2.33. The van der Waals surface area contributed by atoms with Crippen molar-refractivity contribution in [1.82, 2.24) is 4.90 Å². The number of ether oxygens (including phenoxy) is 2. The van der Waals surface area contributed by atoms with E-state index in [-0.39, 0.29) is 11.9 Å². The Hall–Kier alpha value is -2.05. The van der Waals surface area contributed by atoms with Crippen LogP contribution in [0.15, 0.2) is 29.6 Å². The van der Waals surface area contributed by atoms with Crippen molar-refractivity contribution in [3.63, 3.8) is 0 Å². The minimum absolute atomic E-state index is 0.0902. The average molecular weight is 346 g/mol. The summed E-state index contributed by atoms with van der Waals surface area (Å²) in [6, 6.07) is 8.03. The number of nitrogens with two attached hydrogens (primary N) is 1. The molecule has 6 heteroatoms. The van der Waals surface area contributed by atoms with Crippen molar-refractivity contribution in [2.24, 2.45) is 5.73 Å². The van der Waals surface area contributed by atoms with E-state index in [4.69, 9.17) is 15.2 Å². The molecule has 1 atom stereocenters. The van der Waals surface area contributed by atoms with Gasteiger partial charge in [0.25, 0.3) is 0 Å². The molecule has 0 fully saturated rings. The van der Waals surface area contributed by atoms with Crippen LogP contribution in [0.2, 0.25) is 0 Å². The number of carbonyl (C=O) groups is 1. The summed E-state index contributed by atoms with van der Waals surface area (Å²) in [5, 5.41) is 2.04. The lowest BCUT2D eigenvalue weighted by atomic mass is 9.90. The molecule has 1 aromatic heterocycles. The molecule has 1 aliphatic rings. The Morgan fingerprint density at radius 2 is 2.08 bits per heavy atom. The highest BCUT2D eigenvalue weighted by molar-refractivity contribution is 7.10. The maximum absolute atomic E-state index is 12.6. The maximum atomic E-state index is 12.6. The molecule has 0 aliphatic carbocycles. The molecular formula is C18H22N2O3S. The normalized spacial score (nSPS) is 16.6. The van der Waals surface area contributed by atoms with E-state index < -0.39 is 0 Å². The molecule has 2 heterocycles. The van der Waals surface area contributed by atoms with E-state index in [1.165, 1.54) is 5.56 Å². The summed E-state index contributed by atoms with van der Waals surface area (Å²) in [5.41, 5.74) is 7.90. The Balaban J connectivity index is 2.10. The van der Waals surface area contributed by atoms with Crippen LogP contribution in [0, 0.1) is 0 Å². The Labute approximate surface area is 146 Å². The van der Waals surface area contributed by atoms with Gasteiger partial charge in [-0.2, -0.15) is 0 Å². The summed E-state index contributed by atoms with van der Waals surface area (Å²) in [5.74, 6) is 1.50. The van der Waals surface area contributed by atoms with Gasteiger partial charge in [-0.1, -0.05) is 6.07 Å². The zero-order valence-corrected chi connectivity index (χ0v) is 14.8. The summed E-state index contributed by atoms with van der Waals surface area (Å²) in [6.45, 7) is 1.05. The minimum Gasteiger partial charge on any atom is -0.493 e. The largest absolute Gasteiger partial charge is 0.493 e. The highest BCUT2D eigenvalue weighted by atomic mass is 32.1. The fourth-order valence-corrected chi connectivity index (χ4v) is 4.09. The van der Waals surface area contributed by atoms with Gasteiger partial charge in [-0.15, -0.1) is 11.3 Å². The van der Waals surface area contributed by atoms with Gasteiger partial charge < -0.3 is 20.1 Å². The van der Waals surface area contributed by atoms with Crippen molar-refractivity contribution < 1.29 is 14.3 Å². The number of hydrogen-bond acceptors (Lipinski definition) is 5. The lowest BCUT2D eigenvalue weighted by molar-refractivity contribution is -0.133. The lowest BCUT2D eigenvalue weighted by Gasteiger charge is -2.37. The fourth-order valence-electron chi connectivity index (χ4n) is 3.24. The zero-order chi connectivity index (χ0) is 17.1. The van der Waals surface area contributed by atoms with Crippen LogP contribution in [-0.2, 0) is 11.2 Å². The summed E-state index contributed by atoms with van der Waals surface area (Å²) >= 11 is 1.66. The zero-order valence-electron chi connectivity index (χ0n) is 14.0. The van der Waals surface area contributed by atoms with Crippen LogP contribution in [0.1, 0.15) is 28.5 Å². The van der Waals surface area contributed by atoms with Crippen LogP contribution in [0.25, 0.3) is 0 Å². The molecule has 0 radical (unpaired) electrons. The van der Waals surface area contributed by atoms with Gasteiger partial charge in [0, 0.05) is 24.4 Å². The van der Waals surface area contributed by atoms with Gasteiger partial charge in [-0.25, -0.2) is 0 Å². The predicted octanol–water partition coefficient (Wildman–Crippen LogP) is 2.59. The monoisotopic (exact) mass is 346 g/mol. The van der Waals surface area contributed by atoms with Crippen LogP contribution in [-0.4, -0.2) is 38.1 Å². The van der Waals surface area contributed by atoms with Gasteiger partial charge in [0.2, 0.25) is 5.91 Å². The van der Waals surface area contributed by atoms with Crippen LogP contribution in [0.4, 0.5) is 0 Å². The second kappa shape index (κ2) is 7.23. The first-order chi connectivity index (χ1) is 11.7. The van der Waals surface area contributed by atoms with Gasteiger partial charge in [0.05, 0.1) is 20.3 Å². The summed E-state index contributed by atoms with van der Waals surface area (Å²) in [4.78, 5) is 15.7. The smallest absolute Gasteiger partial charge is 0.224 e. The first kappa shape index (κ1) is 16.8. The summed E-state index contributed by atoms with van der Waals surface area (Å²) in [6.07, 6.45) is 1.17. The van der Waals surface area contributed by atoms with Crippen molar-refractivity contribution in [3.05, 3.63) is 45.6 Å². The van der Waals surface area contributed by atoms with E-state index in [1.807, 2.05) is 28.5 Å². The van der Waals surface area contributed by atoms with E-state index in [9.17, 15) is 4.79 Å². The number of thiophene rings is 1. The fraction of sp³-hybridized carbons (Fsp3) is 0.389. The molecule has 128 valence electrons. The Morgan fingerprint density at radius 3 is 2.71 bits per heavy atom. The first-order valence-corrected chi connectivity index (χ1v) is 8.85. The van der Waals surface area contributed by atoms with Crippen LogP contribution >= 0.6 is 11.3 Å². The van der Waals surface area contributed by atoms with E-state index in [0.29, 0.717) is 25.3 Å². The number of carbonyl (C=O) groups excluding carboxylic acids is 1. The first-order valence-electron chi connectivity index (χ1n) is 7.97. The quantitative estimate of drug-likeness (QED) is 0.904. The number of hydrogen-bond donors (Lipinski definition) is 1. The summed E-state index contributed by atoms with van der Waals surface area (Å²) < 4.78 is 10.9. The molecule has 2 aromatic rings. The second-order valence-corrected chi connectivity index (χ2v) is 6.68. The average Bonchev–Trinajstić information content (AvgIpc) is 3.13. The van der Waals surface area contributed by atoms with Gasteiger partial charge in [0.15, 0.2) is 11.5 Å². The number of rotatable bonds is 5. The molecule has 3 rings (SSSR count). The minimum atomic E-state index is -0.0902. The van der Waals surface area contributed by atoms with E-state index in [1.54, 1.807) is 25.6 Å². The van der Waals surface area contributed by atoms with E-state index in [2.05, 4.69) is 6.07 Å². The van der Waals surface area contributed by atoms with E-state index in [0.717, 1.165) is 22.6 Å². The van der Waals surface area contributed by atoms with Gasteiger partial charge in [0.1, 0.15) is 0 Å². The Bertz CT molecular complexity index is 715. The van der Waals surface area contributed by atoms with Gasteiger partial charge in [-0.05, 0) is 41.1 Å². The maximum Gasteiger partial charge on any atom is 0.224 e. The topological polar surface area (TPSA) is 64.8 Å². The molecule has 24 heavy (non-hydrogen) atoms. The van der Waals surface area contributed by atoms with Crippen molar-refractivity contribution in [2.45, 2.75) is 18.9 Å². The van der Waals surface area contributed by atoms with Crippen molar-refractivity contribution in [2.75, 3.05) is 27.3 Å². The molecule has 0 spiro atoms. The van der Waals surface area contributed by atoms with Crippen LogP contribution in [0.5, 0.6) is 11.5 Å². The van der Waals surface area contributed by atoms with Gasteiger partial charge >= 0.3 is 0 Å². The molecule has 0 saturated heterocycles. The van der Waals surface area contributed by atoms with Gasteiger partial charge in [-0.3, -0.25) is 4.79 Å². The Morgan fingerprint density at radius 1 is 1.33 bits per heavy atom. The molecule has 0 bridgehead atoms. The third-order valence-corrected chi connectivity index (χ3v) is 5.29. The highest BCUT2D eigenvalue weighted by Crippen LogP contribution is 2.42. The van der Waals surface area contributed by atoms with E-state index >= 15 is 0 Å². The number of amides is 1. The van der Waals surface area contributed by atoms with Crippen LogP contribution < -0.4 is 15.2 Å².